The number of morpholine rings is 1. The number of nitrogens with one attached hydrogen (secondary N) is 1. The van der Waals surface area contributed by atoms with Crippen molar-refractivity contribution in [2.75, 3.05) is 38.7 Å². The van der Waals surface area contributed by atoms with Crippen LogP contribution in [0.15, 0.2) is 30.5 Å². The SMILES string of the molecule is COc1ccc(C2CC(C(F)(F)F)n3ncc(C(=O)N4CCOCC4)c3N2)cc1. The van der Waals surface area contributed by atoms with E-state index in [4.69, 9.17) is 9.47 Å². The zero-order valence-corrected chi connectivity index (χ0v) is 15.8. The van der Waals surface area contributed by atoms with E-state index < -0.39 is 18.3 Å². The van der Waals surface area contributed by atoms with Crippen molar-refractivity contribution in [3.05, 3.63) is 41.6 Å². The van der Waals surface area contributed by atoms with E-state index in [1.165, 1.54) is 13.3 Å². The highest BCUT2D eigenvalue weighted by atomic mass is 19.4. The van der Waals surface area contributed by atoms with E-state index in [-0.39, 0.29) is 23.7 Å². The summed E-state index contributed by atoms with van der Waals surface area (Å²) in [4.78, 5) is 14.5. The van der Waals surface area contributed by atoms with Gasteiger partial charge in [0.25, 0.3) is 5.91 Å². The van der Waals surface area contributed by atoms with Gasteiger partial charge in [-0.3, -0.25) is 4.79 Å². The maximum absolute atomic E-state index is 13.8. The standard InChI is InChI=1S/C19H21F3N4O3/c1-28-13-4-2-12(3-5-13)15-10-16(19(20,21)22)26-17(24-15)14(11-23-26)18(27)25-6-8-29-9-7-25/h2-5,11,15-16,24H,6-10H2,1H3. The Morgan fingerprint density at radius 1 is 1.24 bits per heavy atom. The maximum atomic E-state index is 13.8. The van der Waals surface area contributed by atoms with Gasteiger partial charge in [-0.25, -0.2) is 4.68 Å². The molecule has 0 radical (unpaired) electrons. The third kappa shape index (κ3) is 3.76. The number of methoxy groups -OCH3 is 1. The van der Waals surface area contributed by atoms with Crippen molar-refractivity contribution in [2.45, 2.75) is 24.7 Å². The van der Waals surface area contributed by atoms with Gasteiger partial charge in [0.15, 0.2) is 6.04 Å². The summed E-state index contributed by atoms with van der Waals surface area (Å²) in [6.45, 7) is 1.60. The van der Waals surface area contributed by atoms with Crippen LogP contribution in [0, 0.1) is 0 Å². The number of carbonyl (C=O) groups is 1. The Labute approximate surface area is 165 Å². The first-order chi connectivity index (χ1) is 13.9. The first kappa shape index (κ1) is 19.6. The number of alkyl halides is 3. The Morgan fingerprint density at radius 2 is 1.93 bits per heavy atom. The second-order valence-corrected chi connectivity index (χ2v) is 7.02. The predicted molar refractivity (Wildman–Crippen MR) is 98.0 cm³/mol. The number of nitrogens with zero attached hydrogens (tertiary/aromatic N) is 3. The molecule has 1 amide bonds. The monoisotopic (exact) mass is 410 g/mol. The fourth-order valence-electron chi connectivity index (χ4n) is 3.71. The lowest BCUT2D eigenvalue weighted by atomic mass is 9.96. The van der Waals surface area contributed by atoms with Crippen LogP contribution < -0.4 is 10.1 Å². The number of rotatable bonds is 3. The molecular weight excluding hydrogens is 389 g/mol. The highest BCUT2D eigenvalue weighted by molar-refractivity contribution is 5.99. The summed E-state index contributed by atoms with van der Waals surface area (Å²) < 4.78 is 52.6. The lowest BCUT2D eigenvalue weighted by molar-refractivity contribution is -0.173. The van der Waals surface area contributed by atoms with Gasteiger partial charge in [0.1, 0.15) is 17.1 Å². The quantitative estimate of drug-likeness (QED) is 0.843. The van der Waals surface area contributed by atoms with Crippen molar-refractivity contribution < 1.29 is 27.4 Å². The van der Waals surface area contributed by atoms with Gasteiger partial charge in [0.2, 0.25) is 0 Å². The molecule has 156 valence electrons. The third-order valence-electron chi connectivity index (χ3n) is 5.29. The van der Waals surface area contributed by atoms with Gasteiger partial charge >= 0.3 is 6.18 Å². The van der Waals surface area contributed by atoms with Crippen LogP contribution in [0.4, 0.5) is 19.0 Å². The number of amides is 1. The lowest BCUT2D eigenvalue weighted by Crippen LogP contribution is -2.41. The fourth-order valence-corrected chi connectivity index (χ4v) is 3.71. The lowest BCUT2D eigenvalue weighted by Gasteiger charge is -2.34. The molecule has 7 nitrogen and oxygen atoms in total. The van der Waals surface area contributed by atoms with Crippen molar-refractivity contribution in [3.8, 4) is 5.75 Å². The highest BCUT2D eigenvalue weighted by Crippen LogP contribution is 2.44. The number of aromatic nitrogens is 2. The van der Waals surface area contributed by atoms with Gasteiger partial charge in [0.05, 0.1) is 32.6 Å². The highest BCUT2D eigenvalue weighted by Gasteiger charge is 2.47. The zero-order chi connectivity index (χ0) is 20.6. The Bertz CT molecular complexity index is 876. The summed E-state index contributed by atoms with van der Waals surface area (Å²) >= 11 is 0. The molecule has 0 aliphatic carbocycles. The molecule has 2 aromatic rings. The average Bonchev–Trinajstić information content (AvgIpc) is 3.16. The first-order valence-electron chi connectivity index (χ1n) is 9.30. The van der Waals surface area contributed by atoms with E-state index in [1.54, 1.807) is 29.2 Å². The van der Waals surface area contributed by atoms with Gasteiger partial charge in [-0.1, -0.05) is 12.1 Å². The van der Waals surface area contributed by atoms with Crippen LogP contribution in [0.25, 0.3) is 0 Å². The molecule has 2 unspecified atom stereocenters. The van der Waals surface area contributed by atoms with E-state index in [2.05, 4.69) is 10.4 Å². The summed E-state index contributed by atoms with van der Waals surface area (Å²) in [7, 11) is 1.52. The Hall–Kier alpha value is -2.75. The molecule has 2 aliphatic heterocycles. The molecule has 0 bridgehead atoms. The Balaban J connectivity index is 1.68. The second-order valence-electron chi connectivity index (χ2n) is 7.02. The smallest absolute Gasteiger partial charge is 0.410 e. The largest absolute Gasteiger partial charge is 0.497 e. The summed E-state index contributed by atoms with van der Waals surface area (Å²) in [5.41, 5.74) is 0.816. The average molecular weight is 410 g/mol. The van der Waals surface area contributed by atoms with Gasteiger partial charge in [-0.15, -0.1) is 0 Å². The molecule has 1 N–H and O–H groups in total. The van der Waals surface area contributed by atoms with Gasteiger partial charge < -0.3 is 19.7 Å². The molecule has 3 heterocycles. The molecule has 0 saturated carbocycles. The van der Waals surface area contributed by atoms with E-state index in [0.717, 1.165) is 4.68 Å². The van der Waals surface area contributed by atoms with Crippen molar-refractivity contribution in [3.63, 3.8) is 0 Å². The third-order valence-corrected chi connectivity index (χ3v) is 5.29. The summed E-state index contributed by atoms with van der Waals surface area (Å²) in [5.74, 6) is 0.361. The zero-order valence-electron chi connectivity index (χ0n) is 15.8. The minimum Gasteiger partial charge on any atom is -0.497 e. The van der Waals surface area contributed by atoms with Crippen molar-refractivity contribution >= 4 is 11.7 Å². The van der Waals surface area contributed by atoms with Crippen LogP contribution in [-0.4, -0.2) is 60.2 Å². The number of halogens is 3. The molecule has 4 rings (SSSR count). The topological polar surface area (TPSA) is 68.6 Å². The molecule has 1 fully saturated rings. The van der Waals surface area contributed by atoms with Crippen molar-refractivity contribution in [1.82, 2.24) is 14.7 Å². The van der Waals surface area contributed by atoms with Crippen molar-refractivity contribution in [1.29, 1.82) is 0 Å². The molecule has 1 aromatic carbocycles. The minimum absolute atomic E-state index is 0.0934. The molecule has 1 saturated heterocycles. The number of anilines is 1. The molecule has 1 aromatic heterocycles. The minimum atomic E-state index is -4.49. The van der Waals surface area contributed by atoms with Gasteiger partial charge in [0, 0.05) is 19.5 Å². The summed E-state index contributed by atoms with van der Waals surface area (Å²) in [6, 6.07) is 4.40. The molecule has 10 heteroatoms. The number of benzene rings is 1. The summed E-state index contributed by atoms with van der Waals surface area (Å²) in [6.07, 6.45) is -3.50. The van der Waals surface area contributed by atoms with Crippen LogP contribution in [-0.2, 0) is 4.74 Å². The number of fused-ring (bicyclic) bond motifs is 1. The normalized spacial score (nSPS) is 22.0. The second kappa shape index (κ2) is 7.58. The van der Waals surface area contributed by atoms with Gasteiger partial charge in [-0.05, 0) is 17.7 Å². The van der Waals surface area contributed by atoms with Crippen LogP contribution in [0.3, 0.4) is 0 Å². The van der Waals surface area contributed by atoms with E-state index in [9.17, 15) is 18.0 Å². The van der Waals surface area contributed by atoms with Gasteiger partial charge in [-0.2, -0.15) is 18.3 Å². The first-order valence-corrected chi connectivity index (χ1v) is 9.30. The molecule has 29 heavy (non-hydrogen) atoms. The van der Waals surface area contributed by atoms with Crippen LogP contribution >= 0.6 is 0 Å². The predicted octanol–water partition coefficient (Wildman–Crippen LogP) is 3.02. The molecular formula is C19H21F3N4O3. The van der Waals surface area contributed by atoms with E-state index >= 15 is 0 Å². The molecule has 2 atom stereocenters. The fraction of sp³-hybridized carbons (Fsp3) is 0.474. The maximum Gasteiger partial charge on any atom is 0.410 e. The van der Waals surface area contributed by atoms with Crippen LogP contribution in [0.2, 0.25) is 0 Å². The molecule has 2 aliphatic rings. The number of hydrogen-bond acceptors (Lipinski definition) is 5. The van der Waals surface area contributed by atoms with Crippen LogP contribution in [0.1, 0.15) is 34.4 Å². The van der Waals surface area contributed by atoms with E-state index in [0.29, 0.717) is 37.6 Å². The van der Waals surface area contributed by atoms with E-state index in [1.807, 2.05) is 0 Å². The Kier molecular flexibility index (Phi) is 5.12. The number of hydrogen-bond donors (Lipinski definition) is 1. The number of ether oxygens (including phenoxy) is 2. The number of carbonyl (C=O) groups excluding carboxylic acids is 1. The Morgan fingerprint density at radius 3 is 2.55 bits per heavy atom. The molecule has 0 spiro atoms. The summed E-state index contributed by atoms with van der Waals surface area (Å²) in [5, 5.41) is 7.01. The van der Waals surface area contributed by atoms with Crippen LogP contribution in [0.5, 0.6) is 5.75 Å². The van der Waals surface area contributed by atoms with Crippen molar-refractivity contribution in [2.24, 2.45) is 0 Å².